The van der Waals surface area contributed by atoms with Crippen LogP contribution in [0.25, 0.3) is 16.6 Å². The molecule has 0 bridgehead atoms. The van der Waals surface area contributed by atoms with Gasteiger partial charge in [-0.3, -0.25) is 9.59 Å². The maximum atomic E-state index is 11.3. The van der Waals surface area contributed by atoms with E-state index in [1.54, 1.807) is 25.6 Å². The molecule has 3 rings (SSSR count). The number of hydrogen-bond acceptors (Lipinski definition) is 5. The van der Waals surface area contributed by atoms with Gasteiger partial charge in [-0.25, -0.2) is 0 Å². The Kier molecular flexibility index (Phi) is 4.94. The summed E-state index contributed by atoms with van der Waals surface area (Å²) in [4.78, 5) is 23.8. The third-order valence-electron chi connectivity index (χ3n) is 3.74. The van der Waals surface area contributed by atoms with E-state index in [-0.39, 0.29) is 10.2 Å². The summed E-state index contributed by atoms with van der Waals surface area (Å²) in [7, 11) is 0. The van der Waals surface area contributed by atoms with E-state index in [1.165, 1.54) is 45.1 Å². The van der Waals surface area contributed by atoms with Crippen LogP contribution in [-0.4, -0.2) is 20.9 Å². The van der Waals surface area contributed by atoms with Crippen LogP contribution < -0.4 is 0 Å². The lowest BCUT2D eigenvalue weighted by molar-refractivity contribution is -0.109. The zero-order valence-corrected chi connectivity index (χ0v) is 15.7. The maximum absolute atomic E-state index is 11.3. The van der Waals surface area contributed by atoms with Gasteiger partial charge in [0.2, 0.25) is 0 Å². The molecule has 0 radical (unpaired) electrons. The number of rotatable bonds is 5. The molecule has 6 heteroatoms. The Bertz CT molecular complexity index is 885. The predicted octanol–water partition coefficient (Wildman–Crippen LogP) is 4.81. The smallest absolute Gasteiger partial charge is 0.186 e. The Labute approximate surface area is 147 Å². The Morgan fingerprint density at radius 1 is 1.00 bits per heavy atom. The van der Waals surface area contributed by atoms with Crippen LogP contribution in [0.2, 0.25) is 0 Å². The van der Waals surface area contributed by atoms with E-state index in [9.17, 15) is 9.59 Å². The Morgan fingerprint density at radius 3 is 2.30 bits per heavy atom. The van der Waals surface area contributed by atoms with Crippen molar-refractivity contribution in [2.75, 3.05) is 6.26 Å². The number of pyridine rings is 1. The lowest BCUT2D eigenvalue weighted by Crippen LogP contribution is -1.90. The third kappa shape index (κ3) is 3.12. The van der Waals surface area contributed by atoms with Crippen LogP contribution in [0.1, 0.15) is 25.0 Å². The molecule has 3 heterocycles. The van der Waals surface area contributed by atoms with Gasteiger partial charge in [-0.1, -0.05) is 29.6 Å². The molecular formula is C17H17NO2S3. The Balaban J connectivity index is 2.13. The number of hydrogen-bond donors (Lipinski definition) is 0. The fourth-order valence-electron chi connectivity index (χ4n) is 2.83. The average molecular weight is 364 g/mol. The second-order valence-corrected chi connectivity index (χ2v) is 8.38. The van der Waals surface area contributed by atoms with Gasteiger partial charge >= 0.3 is 0 Å². The van der Waals surface area contributed by atoms with Crippen molar-refractivity contribution in [3.05, 3.63) is 35.4 Å². The molecule has 0 aromatic carbocycles. The molecule has 0 aliphatic rings. The van der Waals surface area contributed by atoms with Gasteiger partial charge in [0.15, 0.2) is 10.2 Å². The summed E-state index contributed by atoms with van der Waals surface area (Å²) in [5.74, 6) is 1.39. The van der Waals surface area contributed by atoms with Crippen molar-refractivity contribution < 1.29 is 9.59 Å². The zero-order valence-electron chi connectivity index (χ0n) is 13.2. The first-order valence-electron chi connectivity index (χ1n) is 7.21. The van der Waals surface area contributed by atoms with Gasteiger partial charge in [-0.15, -0.1) is 11.8 Å². The summed E-state index contributed by atoms with van der Waals surface area (Å²) >= 11 is 4.41. The second kappa shape index (κ2) is 6.79. The third-order valence-corrected chi connectivity index (χ3v) is 6.31. The van der Waals surface area contributed by atoms with Gasteiger partial charge < -0.3 is 4.40 Å². The second-order valence-electron chi connectivity index (χ2n) is 5.26. The molecule has 3 aromatic heterocycles. The van der Waals surface area contributed by atoms with Gasteiger partial charge in [0.05, 0.1) is 16.6 Å². The Morgan fingerprint density at radius 2 is 1.65 bits per heavy atom. The lowest BCUT2D eigenvalue weighted by Gasteiger charge is -2.04. The SMILES string of the molecule is CSc1c(CSC(C)=O)c2cccc3c(CSC(C)=O)cc1n32. The summed E-state index contributed by atoms with van der Waals surface area (Å²) in [6.45, 7) is 3.21. The number of nitrogens with zero attached hydrogens (tertiary/aromatic N) is 1. The molecule has 3 nitrogen and oxygen atoms in total. The fourth-order valence-corrected chi connectivity index (χ4v) is 4.94. The minimum Gasteiger partial charge on any atom is -0.309 e. The first-order chi connectivity index (χ1) is 11.0. The molecule has 0 unspecified atom stereocenters. The average Bonchev–Trinajstić information content (AvgIpc) is 3.02. The molecule has 0 spiro atoms. The van der Waals surface area contributed by atoms with Gasteiger partial charge in [0, 0.05) is 35.8 Å². The highest BCUT2D eigenvalue weighted by Crippen LogP contribution is 2.39. The van der Waals surface area contributed by atoms with E-state index >= 15 is 0 Å². The molecule has 3 aromatic rings. The van der Waals surface area contributed by atoms with E-state index in [0.717, 1.165) is 11.0 Å². The Hall–Kier alpha value is -1.11. The van der Waals surface area contributed by atoms with Gasteiger partial charge in [-0.05, 0) is 30.0 Å². The minimum atomic E-state index is 0.137. The highest BCUT2D eigenvalue weighted by atomic mass is 32.2. The van der Waals surface area contributed by atoms with Crippen molar-refractivity contribution in [2.24, 2.45) is 0 Å². The van der Waals surface area contributed by atoms with Crippen molar-refractivity contribution in [1.82, 2.24) is 4.40 Å². The van der Waals surface area contributed by atoms with Gasteiger partial charge in [0.1, 0.15) is 0 Å². The van der Waals surface area contributed by atoms with Crippen molar-refractivity contribution in [3.8, 4) is 0 Å². The van der Waals surface area contributed by atoms with E-state index in [2.05, 4.69) is 34.9 Å². The highest BCUT2D eigenvalue weighted by molar-refractivity contribution is 8.13. The molecule has 0 N–H and O–H groups in total. The lowest BCUT2D eigenvalue weighted by atomic mass is 10.2. The van der Waals surface area contributed by atoms with Crippen LogP contribution in [0.5, 0.6) is 0 Å². The molecule has 0 atom stereocenters. The standard InChI is InChI=1S/C17H17NO2S3/c1-10(19)22-8-12-7-16-17(21-3)13(9-23-11(2)20)15-6-4-5-14(12)18(15)16/h4-7H,8-9H2,1-3H3. The minimum absolute atomic E-state index is 0.137. The molecular weight excluding hydrogens is 346 g/mol. The molecule has 0 aliphatic heterocycles. The van der Waals surface area contributed by atoms with Crippen LogP contribution in [0.3, 0.4) is 0 Å². The summed E-state index contributed by atoms with van der Waals surface area (Å²) in [5.41, 5.74) is 5.91. The zero-order chi connectivity index (χ0) is 16.6. The number of aromatic nitrogens is 1. The first kappa shape index (κ1) is 16.7. The molecule has 0 fully saturated rings. The van der Waals surface area contributed by atoms with Crippen molar-refractivity contribution >= 4 is 62.1 Å². The molecule has 0 saturated carbocycles. The maximum Gasteiger partial charge on any atom is 0.186 e. The summed E-state index contributed by atoms with van der Waals surface area (Å²) < 4.78 is 2.26. The van der Waals surface area contributed by atoms with Crippen molar-refractivity contribution in [1.29, 1.82) is 0 Å². The number of carbonyl (C=O) groups excluding carboxylic acids is 2. The summed E-state index contributed by atoms with van der Waals surface area (Å²) in [6, 6.07) is 8.45. The number of carbonyl (C=O) groups is 2. The van der Waals surface area contributed by atoms with Crippen LogP contribution in [0.15, 0.2) is 29.2 Å². The summed E-state index contributed by atoms with van der Waals surface area (Å²) in [5, 5.41) is 0.276. The van der Waals surface area contributed by atoms with E-state index < -0.39 is 0 Å². The highest BCUT2D eigenvalue weighted by Gasteiger charge is 2.20. The van der Waals surface area contributed by atoms with E-state index in [4.69, 9.17) is 0 Å². The van der Waals surface area contributed by atoms with Gasteiger partial charge in [0.25, 0.3) is 0 Å². The van der Waals surface area contributed by atoms with E-state index in [0.29, 0.717) is 11.5 Å². The van der Waals surface area contributed by atoms with Crippen molar-refractivity contribution in [2.45, 2.75) is 30.2 Å². The fraction of sp³-hybridized carbons (Fsp3) is 0.294. The monoisotopic (exact) mass is 363 g/mol. The van der Waals surface area contributed by atoms with Crippen molar-refractivity contribution in [3.63, 3.8) is 0 Å². The number of thioether (sulfide) groups is 3. The van der Waals surface area contributed by atoms with Crippen LogP contribution >= 0.6 is 35.3 Å². The van der Waals surface area contributed by atoms with E-state index in [1.807, 2.05) is 0 Å². The van der Waals surface area contributed by atoms with Crippen LogP contribution in [-0.2, 0) is 21.1 Å². The van der Waals surface area contributed by atoms with Crippen LogP contribution in [0.4, 0.5) is 0 Å². The normalized spacial score (nSPS) is 11.6. The molecule has 120 valence electrons. The molecule has 0 saturated heterocycles. The molecule has 0 amide bonds. The quantitative estimate of drug-likeness (QED) is 0.608. The van der Waals surface area contributed by atoms with Gasteiger partial charge in [-0.2, -0.15) is 0 Å². The first-order valence-corrected chi connectivity index (χ1v) is 10.4. The topological polar surface area (TPSA) is 38.5 Å². The predicted molar refractivity (Wildman–Crippen MR) is 102 cm³/mol. The molecule has 23 heavy (non-hydrogen) atoms. The van der Waals surface area contributed by atoms with Crippen LogP contribution in [0, 0.1) is 0 Å². The largest absolute Gasteiger partial charge is 0.309 e. The summed E-state index contributed by atoms with van der Waals surface area (Å²) in [6.07, 6.45) is 2.07. The molecule has 0 aliphatic carbocycles.